The maximum absolute atomic E-state index is 12.1. The summed E-state index contributed by atoms with van der Waals surface area (Å²) in [4.78, 5) is 23.5. The molecule has 0 aliphatic heterocycles. The molecule has 0 bridgehead atoms. The predicted octanol–water partition coefficient (Wildman–Crippen LogP) is 3.55. The molecule has 2 rings (SSSR count). The lowest BCUT2D eigenvalue weighted by Gasteiger charge is -2.08. The molecule has 0 atom stereocenters. The third-order valence-corrected chi connectivity index (χ3v) is 3.28. The molecule has 0 spiro atoms. The monoisotopic (exact) mass is 357 g/mol. The molecule has 22 heavy (non-hydrogen) atoms. The van der Waals surface area contributed by atoms with Gasteiger partial charge < -0.3 is 10.6 Å². The van der Waals surface area contributed by atoms with Gasteiger partial charge in [-0.2, -0.15) is 5.26 Å². The third-order valence-electron chi connectivity index (χ3n) is 2.75. The molecule has 0 saturated heterocycles. The molecule has 5 nitrogen and oxygen atoms in total. The van der Waals surface area contributed by atoms with Crippen LogP contribution in [0.25, 0.3) is 0 Å². The van der Waals surface area contributed by atoms with Gasteiger partial charge in [-0.3, -0.25) is 9.59 Å². The highest BCUT2D eigenvalue weighted by atomic mass is 79.9. The summed E-state index contributed by atoms with van der Waals surface area (Å²) >= 11 is 3.31. The Morgan fingerprint density at radius 3 is 2.32 bits per heavy atom. The van der Waals surface area contributed by atoms with E-state index in [2.05, 4.69) is 26.6 Å². The fraction of sp³-hybridized carbons (Fsp3) is 0.0625. The standard InChI is InChI=1S/C16H12BrN3O2/c17-12-6-4-11(5-7-12)16(22)20-14-3-1-2-13(10-14)19-15(21)8-9-18/h1-7,10H,8H2,(H,19,21)(H,20,22). The SMILES string of the molecule is N#CCC(=O)Nc1cccc(NC(=O)c2ccc(Br)cc2)c1. The Kier molecular flexibility index (Phi) is 5.28. The Balaban J connectivity index is 2.07. The second kappa shape index (κ2) is 7.38. The van der Waals surface area contributed by atoms with E-state index in [-0.39, 0.29) is 18.2 Å². The first kappa shape index (κ1) is 15.7. The van der Waals surface area contributed by atoms with Crippen molar-refractivity contribution in [3.05, 3.63) is 58.6 Å². The summed E-state index contributed by atoms with van der Waals surface area (Å²) in [6, 6.07) is 15.5. The summed E-state index contributed by atoms with van der Waals surface area (Å²) in [7, 11) is 0. The average molecular weight is 358 g/mol. The summed E-state index contributed by atoms with van der Waals surface area (Å²) in [6.07, 6.45) is -0.213. The molecule has 6 heteroatoms. The first-order valence-corrected chi connectivity index (χ1v) is 7.21. The van der Waals surface area contributed by atoms with Crippen molar-refractivity contribution in [1.82, 2.24) is 0 Å². The van der Waals surface area contributed by atoms with Crippen molar-refractivity contribution in [2.24, 2.45) is 0 Å². The smallest absolute Gasteiger partial charge is 0.255 e. The molecule has 0 aliphatic rings. The van der Waals surface area contributed by atoms with Crippen LogP contribution >= 0.6 is 15.9 Å². The van der Waals surface area contributed by atoms with Crippen LogP contribution in [0.1, 0.15) is 16.8 Å². The number of carbonyl (C=O) groups is 2. The van der Waals surface area contributed by atoms with Crippen molar-refractivity contribution in [3.63, 3.8) is 0 Å². The highest BCUT2D eigenvalue weighted by molar-refractivity contribution is 9.10. The van der Waals surface area contributed by atoms with Crippen molar-refractivity contribution in [2.75, 3.05) is 10.6 Å². The van der Waals surface area contributed by atoms with E-state index in [9.17, 15) is 9.59 Å². The molecule has 0 aromatic heterocycles. The molecule has 0 heterocycles. The van der Waals surface area contributed by atoms with Crippen molar-refractivity contribution in [2.45, 2.75) is 6.42 Å². The molecule has 0 radical (unpaired) electrons. The van der Waals surface area contributed by atoms with E-state index in [0.29, 0.717) is 16.9 Å². The highest BCUT2D eigenvalue weighted by Gasteiger charge is 2.07. The second-order valence-electron chi connectivity index (χ2n) is 4.42. The minimum atomic E-state index is -0.390. The van der Waals surface area contributed by atoms with Gasteiger partial charge in [0.1, 0.15) is 6.42 Å². The summed E-state index contributed by atoms with van der Waals surface area (Å²) in [5.74, 6) is -0.633. The molecule has 2 N–H and O–H groups in total. The minimum Gasteiger partial charge on any atom is -0.325 e. The molecule has 0 unspecified atom stereocenters. The van der Waals surface area contributed by atoms with Crippen LogP contribution in [0.5, 0.6) is 0 Å². The van der Waals surface area contributed by atoms with E-state index in [1.54, 1.807) is 54.6 Å². The number of carbonyl (C=O) groups excluding carboxylic acids is 2. The van der Waals surface area contributed by atoms with Crippen molar-refractivity contribution >= 4 is 39.1 Å². The quantitative estimate of drug-likeness (QED) is 0.877. The summed E-state index contributed by atoms with van der Waals surface area (Å²) in [5.41, 5.74) is 1.61. The van der Waals surface area contributed by atoms with Crippen molar-refractivity contribution in [1.29, 1.82) is 5.26 Å². The lowest BCUT2D eigenvalue weighted by Crippen LogP contribution is -2.13. The molecular formula is C16H12BrN3O2. The molecule has 0 fully saturated rings. The van der Waals surface area contributed by atoms with Crippen molar-refractivity contribution < 1.29 is 9.59 Å². The number of nitrogens with one attached hydrogen (secondary N) is 2. The molecule has 110 valence electrons. The maximum Gasteiger partial charge on any atom is 0.255 e. The van der Waals surface area contributed by atoms with Crippen molar-refractivity contribution in [3.8, 4) is 6.07 Å². The van der Waals surface area contributed by atoms with Gasteiger partial charge in [0.05, 0.1) is 6.07 Å². The van der Waals surface area contributed by atoms with Crippen LogP contribution in [0.3, 0.4) is 0 Å². The maximum atomic E-state index is 12.1. The van der Waals surface area contributed by atoms with Crippen LogP contribution in [0.4, 0.5) is 11.4 Å². The molecule has 2 aromatic carbocycles. The Labute approximate surface area is 136 Å². The predicted molar refractivity (Wildman–Crippen MR) is 87.4 cm³/mol. The van der Waals surface area contributed by atoms with E-state index in [4.69, 9.17) is 5.26 Å². The van der Waals surface area contributed by atoms with Crippen LogP contribution < -0.4 is 10.6 Å². The first-order chi connectivity index (χ1) is 10.6. The van der Waals surface area contributed by atoms with Gasteiger partial charge in [-0.15, -0.1) is 0 Å². The normalized spacial score (nSPS) is 9.64. The van der Waals surface area contributed by atoms with Gasteiger partial charge >= 0.3 is 0 Å². The number of hydrogen-bond acceptors (Lipinski definition) is 3. The highest BCUT2D eigenvalue weighted by Crippen LogP contribution is 2.17. The zero-order valence-corrected chi connectivity index (χ0v) is 13.1. The zero-order valence-electron chi connectivity index (χ0n) is 11.5. The number of halogens is 1. The summed E-state index contributed by atoms with van der Waals surface area (Å²) in [5, 5.41) is 13.8. The lowest BCUT2D eigenvalue weighted by molar-refractivity contribution is -0.115. The molecule has 0 aliphatic carbocycles. The third kappa shape index (κ3) is 4.43. The number of rotatable bonds is 4. The second-order valence-corrected chi connectivity index (χ2v) is 5.34. The molecule has 0 saturated carbocycles. The number of amides is 2. The number of anilines is 2. The lowest BCUT2D eigenvalue weighted by atomic mass is 10.2. The number of nitrogens with zero attached hydrogens (tertiary/aromatic N) is 1. The number of hydrogen-bond donors (Lipinski definition) is 2. The van der Waals surface area contributed by atoms with E-state index in [1.165, 1.54) is 0 Å². The minimum absolute atomic E-state index is 0.213. The van der Waals surface area contributed by atoms with Crippen LogP contribution in [-0.4, -0.2) is 11.8 Å². The molecule has 2 aromatic rings. The Bertz CT molecular complexity index is 736. The van der Waals surface area contributed by atoms with Crippen LogP contribution in [0, 0.1) is 11.3 Å². The molecular weight excluding hydrogens is 346 g/mol. The average Bonchev–Trinajstić information content (AvgIpc) is 2.48. The number of benzene rings is 2. The van der Waals surface area contributed by atoms with Crippen LogP contribution in [-0.2, 0) is 4.79 Å². The summed E-state index contributed by atoms with van der Waals surface area (Å²) in [6.45, 7) is 0. The van der Waals surface area contributed by atoms with Gasteiger partial charge in [0.15, 0.2) is 0 Å². The van der Waals surface area contributed by atoms with Crippen LogP contribution in [0.2, 0.25) is 0 Å². The fourth-order valence-corrected chi connectivity index (χ4v) is 2.02. The summed E-state index contributed by atoms with van der Waals surface area (Å²) < 4.78 is 0.895. The van der Waals surface area contributed by atoms with E-state index in [1.807, 2.05) is 0 Å². The first-order valence-electron chi connectivity index (χ1n) is 6.42. The Morgan fingerprint density at radius 2 is 1.68 bits per heavy atom. The fourth-order valence-electron chi connectivity index (χ4n) is 1.76. The van der Waals surface area contributed by atoms with Gasteiger partial charge in [-0.05, 0) is 42.5 Å². The van der Waals surface area contributed by atoms with Gasteiger partial charge in [0.2, 0.25) is 5.91 Å². The van der Waals surface area contributed by atoms with Gasteiger partial charge in [-0.25, -0.2) is 0 Å². The number of nitriles is 1. The molecule has 2 amide bonds. The van der Waals surface area contributed by atoms with E-state index < -0.39 is 0 Å². The largest absolute Gasteiger partial charge is 0.325 e. The van der Waals surface area contributed by atoms with Crippen LogP contribution in [0.15, 0.2) is 53.0 Å². The topological polar surface area (TPSA) is 82.0 Å². The Hall–Kier alpha value is -2.65. The van der Waals surface area contributed by atoms with E-state index in [0.717, 1.165) is 4.47 Å². The van der Waals surface area contributed by atoms with Gasteiger partial charge in [0, 0.05) is 21.4 Å². The van der Waals surface area contributed by atoms with Gasteiger partial charge in [0.25, 0.3) is 5.91 Å². The van der Waals surface area contributed by atoms with Gasteiger partial charge in [-0.1, -0.05) is 22.0 Å². The zero-order chi connectivity index (χ0) is 15.9. The Morgan fingerprint density at radius 1 is 1.05 bits per heavy atom. The van der Waals surface area contributed by atoms with E-state index >= 15 is 0 Å².